The minimum Gasteiger partial charge on any atom is -0.288 e. The Labute approximate surface area is 120 Å². The number of ketones is 1. The van der Waals surface area contributed by atoms with Gasteiger partial charge in [-0.25, -0.2) is 4.39 Å². The quantitative estimate of drug-likeness (QED) is 0.612. The summed E-state index contributed by atoms with van der Waals surface area (Å²) in [6.45, 7) is 3.95. The van der Waals surface area contributed by atoms with Crippen LogP contribution in [0.25, 0.3) is 10.1 Å². The molecule has 0 aliphatic carbocycles. The first-order valence-corrected chi connectivity index (χ1v) is 7.17. The second-order valence-corrected chi connectivity index (χ2v) is 6.08. The first-order valence-electron chi connectivity index (χ1n) is 6.35. The molecule has 20 heavy (non-hydrogen) atoms. The van der Waals surface area contributed by atoms with Gasteiger partial charge in [0.2, 0.25) is 5.78 Å². The number of carbonyl (C=O) groups excluding carboxylic acids is 1. The van der Waals surface area contributed by atoms with E-state index in [4.69, 9.17) is 0 Å². The van der Waals surface area contributed by atoms with E-state index in [0.29, 0.717) is 10.4 Å². The third kappa shape index (κ3) is 2.37. The molecule has 0 fully saturated rings. The van der Waals surface area contributed by atoms with Crippen LogP contribution in [0.15, 0.2) is 42.5 Å². The van der Waals surface area contributed by atoms with Crippen LogP contribution in [0.5, 0.6) is 0 Å². The third-order valence-electron chi connectivity index (χ3n) is 3.19. The average molecular weight is 284 g/mol. The van der Waals surface area contributed by atoms with Crippen LogP contribution in [0.1, 0.15) is 26.4 Å². The van der Waals surface area contributed by atoms with Crippen LogP contribution >= 0.6 is 11.3 Å². The number of fused-ring (bicyclic) bond motifs is 1. The largest absolute Gasteiger partial charge is 0.288 e. The van der Waals surface area contributed by atoms with Crippen molar-refractivity contribution < 1.29 is 9.18 Å². The van der Waals surface area contributed by atoms with E-state index in [1.165, 1.54) is 23.5 Å². The van der Waals surface area contributed by atoms with Gasteiger partial charge in [-0.15, -0.1) is 11.3 Å². The first-order chi connectivity index (χ1) is 9.52. The van der Waals surface area contributed by atoms with Gasteiger partial charge < -0.3 is 0 Å². The molecule has 0 spiro atoms. The highest BCUT2D eigenvalue weighted by Crippen LogP contribution is 2.28. The molecular weight excluding hydrogens is 271 g/mol. The van der Waals surface area contributed by atoms with Gasteiger partial charge in [-0.05, 0) is 55.6 Å². The smallest absolute Gasteiger partial charge is 0.203 e. The van der Waals surface area contributed by atoms with Crippen LogP contribution in [-0.4, -0.2) is 5.78 Å². The van der Waals surface area contributed by atoms with E-state index >= 15 is 0 Å². The second kappa shape index (κ2) is 4.84. The van der Waals surface area contributed by atoms with E-state index in [1.54, 1.807) is 12.1 Å². The standard InChI is InChI=1S/C17H13FOS/c1-10-5-11(2)7-13(6-10)17(19)16-9-12-8-14(18)3-4-15(12)20-16/h3-9H,1-2H3. The SMILES string of the molecule is Cc1cc(C)cc(C(=O)c2cc3cc(F)ccc3s2)c1. The van der Waals surface area contributed by atoms with Gasteiger partial charge in [0.1, 0.15) is 5.82 Å². The highest BCUT2D eigenvalue weighted by atomic mass is 32.1. The number of hydrogen-bond donors (Lipinski definition) is 0. The van der Waals surface area contributed by atoms with Gasteiger partial charge in [0.15, 0.2) is 0 Å². The van der Waals surface area contributed by atoms with Crippen molar-refractivity contribution in [3.8, 4) is 0 Å². The van der Waals surface area contributed by atoms with Crippen molar-refractivity contribution in [2.45, 2.75) is 13.8 Å². The molecule has 3 heteroatoms. The number of benzene rings is 2. The van der Waals surface area contributed by atoms with Crippen LogP contribution in [0.4, 0.5) is 4.39 Å². The number of halogens is 1. The fraction of sp³-hybridized carbons (Fsp3) is 0.118. The predicted molar refractivity (Wildman–Crippen MR) is 81.1 cm³/mol. The Kier molecular flexibility index (Phi) is 3.14. The molecule has 1 nitrogen and oxygen atoms in total. The Balaban J connectivity index is 2.07. The van der Waals surface area contributed by atoms with Crippen LogP contribution in [-0.2, 0) is 0 Å². The average Bonchev–Trinajstić information content (AvgIpc) is 2.79. The molecule has 0 saturated heterocycles. The van der Waals surface area contributed by atoms with Crippen molar-refractivity contribution in [2.75, 3.05) is 0 Å². The zero-order valence-electron chi connectivity index (χ0n) is 11.2. The Morgan fingerprint density at radius 2 is 1.70 bits per heavy atom. The van der Waals surface area contributed by atoms with Crippen LogP contribution in [0.2, 0.25) is 0 Å². The third-order valence-corrected chi connectivity index (χ3v) is 4.30. The van der Waals surface area contributed by atoms with Gasteiger partial charge in [-0.3, -0.25) is 4.79 Å². The lowest BCUT2D eigenvalue weighted by atomic mass is 10.0. The minimum atomic E-state index is -0.277. The number of aryl methyl sites for hydroxylation is 2. The summed E-state index contributed by atoms with van der Waals surface area (Å²) in [5, 5.41) is 0.780. The molecule has 0 saturated carbocycles. The first kappa shape index (κ1) is 13.0. The van der Waals surface area contributed by atoms with Crippen molar-refractivity contribution in [2.24, 2.45) is 0 Å². The summed E-state index contributed by atoms with van der Waals surface area (Å²) in [5.41, 5.74) is 2.83. The summed E-state index contributed by atoms with van der Waals surface area (Å²) in [6, 6.07) is 12.2. The molecule has 0 unspecified atom stereocenters. The maximum atomic E-state index is 13.2. The zero-order chi connectivity index (χ0) is 14.3. The molecular formula is C17H13FOS. The highest BCUT2D eigenvalue weighted by molar-refractivity contribution is 7.21. The van der Waals surface area contributed by atoms with E-state index in [1.807, 2.05) is 32.0 Å². The topological polar surface area (TPSA) is 17.1 Å². The second-order valence-electron chi connectivity index (χ2n) is 5.00. The van der Waals surface area contributed by atoms with Gasteiger partial charge >= 0.3 is 0 Å². The molecule has 0 aliphatic rings. The van der Waals surface area contributed by atoms with Gasteiger partial charge in [0.25, 0.3) is 0 Å². The summed E-state index contributed by atoms with van der Waals surface area (Å²) in [7, 11) is 0. The van der Waals surface area contributed by atoms with Gasteiger partial charge in [-0.1, -0.05) is 17.2 Å². The Morgan fingerprint density at radius 3 is 2.40 bits per heavy atom. The summed E-state index contributed by atoms with van der Waals surface area (Å²) in [5.74, 6) is -0.279. The van der Waals surface area contributed by atoms with Gasteiger partial charge in [0.05, 0.1) is 4.88 Å². The molecule has 0 amide bonds. The Hall–Kier alpha value is -2.00. The molecule has 0 aliphatic heterocycles. The van der Waals surface area contributed by atoms with Crippen LogP contribution in [0, 0.1) is 19.7 Å². The van der Waals surface area contributed by atoms with Crippen molar-refractivity contribution in [3.05, 3.63) is 69.8 Å². The molecule has 0 radical (unpaired) electrons. The van der Waals surface area contributed by atoms with Gasteiger partial charge in [-0.2, -0.15) is 0 Å². The monoisotopic (exact) mass is 284 g/mol. The van der Waals surface area contributed by atoms with Crippen molar-refractivity contribution in [3.63, 3.8) is 0 Å². The predicted octanol–water partition coefficient (Wildman–Crippen LogP) is 4.89. The van der Waals surface area contributed by atoms with Crippen LogP contribution in [0.3, 0.4) is 0 Å². The lowest BCUT2D eigenvalue weighted by molar-refractivity contribution is 0.104. The number of carbonyl (C=O) groups is 1. The molecule has 0 atom stereocenters. The van der Waals surface area contributed by atoms with E-state index in [0.717, 1.165) is 21.2 Å². The molecule has 3 rings (SSSR count). The highest BCUT2D eigenvalue weighted by Gasteiger charge is 2.13. The molecule has 0 bridgehead atoms. The lowest BCUT2D eigenvalue weighted by Gasteiger charge is -2.02. The number of hydrogen-bond acceptors (Lipinski definition) is 2. The molecule has 0 N–H and O–H groups in total. The molecule has 3 aromatic rings. The fourth-order valence-electron chi connectivity index (χ4n) is 2.37. The van der Waals surface area contributed by atoms with E-state index in [9.17, 15) is 9.18 Å². The Bertz CT molecular complexity index is 797. The van der Waals surface area contributed by atoms with E-state index < -0.39 is 0 Å². The fourth-order valence-corrected chi connectivity index (χ4v) is 3.38. The maximum absolute atomic E-state index is 13.2. The molecule has 100 valence electrons. The molecule has 1 heterocycles. The molecule has 1 aromatic heterocycles. The summed E-state index contributed by atoms with van der Waals surface area (Å²) in [4.78, 5) is 13.2. The normalized spacial score (nSPS) is 10.9. The van der Waals surface area contributed by atoms with Gasteiger partial charge in [0, 0.05) is 10.3 Å². The molecule has 2 aromatic carbocycles. The van der Waals surface area contributed by atoms with Crippen molar-refractivity contribution in [1.29, 1.82) is 0 Å². The zero-order valence-corrected chi connectivity index (χ0v) is 12.1. The van der Waals surface area contributed by atoms with E-state index in [2.05, 4.69) is 0 Å². The van der Waals surface area contributed by atoms with Crippen LogP contribution < -0.4 is 0 Å². The minimum absolute atomic E-state index is 0.00147. The summed E-state index contributed by atoms with van der Waals surface area (Å²) >= 11 is 1.40. The van der Waals surface area contributed by atoms with Crippen molar-refractivity contribution >= 4 is 27.2 Å². The van der Waals surface area contributed by atoms with E-state index in [-0.39, 0.29) is 11.6 Å². The number of thiophene rings is 1. The lowest BCUT2D eigenvalue weighted by Crippen LogP contribution is -1.99. The van der Waals surface area contributed by atoms with Crippen molar-refractivity contribution in [1.82, 2.24) is 0 Å². The Morgan fingerprint density at radius 1 is 1.00 bits per heavy atom. The maximum Gasteiger partial charge on any atom is 0.203 e. The summed E-state index contributed by atoms with van der Waals surface area (Å²) in [6.07, 6.45) is 0. The number of rotatable bonds is 2. The summed E-state index contributed by atoms with van der Waals surface area (Å²) < 4.78 is 14.1.